The molecule has 0 radical (unpaired) electrons. The zero-order valence-electron chi connectivity index (χ0n) is 9.71. The minimum Gasteiger partial charge on any atom is -0.365 e. The van der Waals surface area contributed by atoms with Crippen molar-refractivity contribution in [1.82, 2.24) is 0 Å². The van der Waals surface area contributed by atoms with Gasteiger partial charge in [-0.3, -0.25) is 0 Å². The lowest BCUT2D eigenvalue weighted by atomic mass is 9.87. The monoisotopic (exact) mass is 212 g/mol. The molecule has 0 bridgehead atoms. The fourth-order valence-electron chi connectivity index (χ4n) is 3.03. The summed E-state index contributed by atoms with van der Waals surface area (Å²) in [7, 11) is 0. The van der Waals surface area contributed by atoms with Crippen LogP contribution in [0.1, 0.15) is 64.2 Å². The highest BCUT2D eigenvalue weighted by Gasteiger charge is 2.37. The minimum absolute atomic E-state index is 0.401. The molecule has 2 heteroatoms. The van der Waals surface area contributed by atoms with Gasteiger partial charge in [-0.2, -0.15) is 0 Å². The fourth-order valence-corrected chi connectivity index (χ4v) is 3.03. The second kappa shape index (κ2) is 5.31. The predicted octanol–water partition coefficient (Wildman–Crippen LogP) is 3.24. The van der Waals surface area contributed by atoms with Crippen LogP contribution in [0.15, 0.2) is 0 Å². The first-order chi connectivity index (χ1) is 7.31. The summed E-state index contributed by atoms with van der Waals surface area (Å²) in [4.78, 5) is 0. The Morgan fingerprint density at radius 1 is 0.867 bits per heavy atom. The molecule has 1 saturated carbocycles. The van der Waals surface area contributed by atoms with Crippen LogP contribution in [-0.2, 0) is 4.74 Å². The van der Waals surface area contributed by atoms with E-state index in [2.05, 4.69) is 0 Å². The summed E-state index contributed by atoms with van der Waals surface area (Å²) in [6.07, 6.45) is 11.9. The largest absolute Gasteiger partial charge is 0.365 e. The molecule has 0 spiro atoms. The van der Waals surface area contributed by atoms with Crippen LogP contribution in [0.25, 0.3) is 0 Å². The van der Waals surface area contributed by atoms with E-state index in [4.69, 9.17) is 4.74 Å². The van der Waals surface area contributed by atoms with Crippen molar-refractivity contribution >= 4 is 0 Å². The fraction of sp³-hybridized carbons (Fsp3) is 1.00. The highest BCUT2D eigenvalue weighted by Crippen LogP contribution is 2.37. The van der Waals surface area contributed by atoms with E-state index in [1.807, 2.05) is 0 Å². The van der Waals surface area contributed by atoms with Gasteiger partial charge in [0.15, 0.2) is 5.79 Å². The maximum absolute atomic E-state index is 10.6. The van der Waals surface area contributed by atoms with Crippen molar-refractivity contribution in [2.24, 2.45) is 5.92 Å². The van der Waals surface area contributed by atoms with Crippen LogP contribution in [0, 0.1) is 5.92 Å². The summed E-state index contributed by atoms with van der Waals surface area (Å²) in [5.41, 5.74) is 0. The molecule has 1 aliphatic carbocycles. The molecule has 1 saturated heterocycles. The van der Waals surface area contributed by atoms with E-state index in [1.54, 1.807) is 0 Å². The number of aliphatic hydroxyl groups is 1. The van der Waals surface area contributed by atoms with Gasteiger partial charge in [0.2, 0.25) is 0 Å². The van der Waals surface area contributed by atoms with Gasteiger partial charge < -0.3 is 9.84 Å². The Morgan fingerprint density at radius 2 is 1.53 bits per heavy atom. The summed E-state index contributed by atoms with van der Waals surface area (Å²) in [6.45, 7) is 0.757. The number of rotatable bonds is 1. The van der Waals surface area contributed by atoms with E-state index >= 15 is 0 Å². The first kappa shape index (κ1) is 11.4. The highest BCUT2D eigenvalue weighted by atomic mass is 16.6. The van der Waals surface area contributed by atoms with Crippen molar-refractivity contribution < 1.29 is 9.84 Å². The first-order valence-electron chi connectivity index (χ1n) is 6.68. The Bertz CT molecular complexity index is 175. The van der Waals surface area contributed by atoms with Crippen LogP contribution in [0.4, 0.5) is 0 Å². The Hall–Kier alpha value is -0.0800. The van der Waals surface area contributed by atoms with Gasteiger partial charge in [0.05, 0.1) is 6.61 Å². The molecule has 2 fully saturated rings. The summed E-state index contributed by atoms with van der Waals surface area (Å²) >= 11 is 0. The van der Waals surface area contributed by atoms with Crippen molar-refractivity contribution in [2.75, 3.05) is 6.61 Å². The quantitative estimate of drug-likeness (QED) is 0.676. The van der Waals surface area contributed by atoms with Crippen molar-refractivity contribution in [1.29, 1.82) is 0 Å². The molecule has 2 nitrogen and oxygen atoms in total. The Labute approximate surface area is 93.0 Å². The molecule has 2 rings (SSSR count). The standard InChI is InChI=1S/C13H24O2/c14-13(10-6-3-7-11-15-13)12-8-4-1-2-5-9-12/h12,14H,1-11H2. The molecular formula is C13H24O2. The van der Waals surface area contributed by atoms with Crippen LogP contribution >= 0.6 is 0 Å². The second-order valence-corrected chi connectivity index (χ2v) is 5.19. The Morgan fingerprint density at radius 3 is 2.27 bits per heavy atom. The molecule has 0 aromatic rings. The Kier molecular flexibility index (Phi) is 4.04. The van der Waals surface area contributed by atoms with Crippen molar-refractivity contribution in [2.45, 2.75) is 70.0 Å². The van der Waals surface area contributed by atoms with Gasteiger partial charge in [-0.15, -0.1) is 0 Å². The van der Waals surface area contributed by atoms with E-state index in [0.29, 0.717) is 5.92 Å². The van der Waals surface area contributed by atoms with Gasteiger partial charge in [-0.25, -0.2) is 0 Å². The molecule has 2 aliphatic rings. The predicted molar refractivity (Wildman–Crippen MR) is 60.6 cm³/mol. The maximum Gasteiger partial charge on any atom is 0.168 e. The minimum atomic E-state index is -0.777. The van der Waals surface area contributed by atoms with E-state index < -0.39 is 5.79 Å². The molecular weight excluding hydrogens is 188 g/mol. The zero-order chi connectivity index (χ0) is 10.6. The van der Waals surface area contributed by atoms with Crippen LogP contribution in [-0.4, -0.2) is 17.5 Å². The molecule has 1 atom stereocenters. The van der Waals surface area contributed by atoms with Gasteiger partial charge in [0.25, 0.3) is 0 Å². The van der Waals surface area contributed by atoms with E-state index in [-0.39, 0.29) is 0 Å². The van der Waals surface area contributed by atoms with Crippen LogP contribution < -0.4 is 0 Å². The Balaban J connectivity index is 1.97. The smallest absolute Gasteiger partial charge is 0.168 e. The maximum atomic E-state index is 10.6. The summed E-state index contributed by atoms with van der Waals surface area (Å²) in [6, 6.07) is 0. The molecule has 0 aromatic heterocycles. The topological polar surface area (TPSA) is 29.5 Å². The molecule has 1 heterocycles. The van der Waals surface area contributed by atoms with Crippen LogP contribution in [0.5, 0.6) is 0 Å². The van der Waals surface area contributed by atoms with Crippen LogP contribution in [0.2, 0.25) is 0 Å². The highest BCUT2D eigenvalue weighted by molar-refractivity contribution is 4.81. The summed E-state index contributed by atoms with van der Waals surface area (Å²) in [5.74, 6) is -0.376. The average Bonchev–Trinajstić information content (AvgIpc) is 2.60. The summed E-state index contributed by atoms with van der Waals surface area (Å²) < 4.78 is 5.74. The lowest BCUT2D eigenvalue weighted by molar-refractivity contribution is -0.238. The first-order valence-corrected chi connectivity index (χ1v) is 6.68. The third kappa shape index (κ3) is 2.94. The molecule has 1 N–H and O–H groups in total. The van der Waals surface area contributed by atoms with Crippen LogP contribution in [0.3, 0.4) is 0 Å². The number of hydrogen-bond acceptors (Lipinski definition) is 2. The third-order valence-electron chi connectivity index (χ3n) is 4.02. The normalized spacial score (nSPS) is 35.8. The molecule has 0 aromatic carbocycles. The van der Waals surface area contributed by atoms with E-state index in [1.165, 1.54) is 32.1 Å². The van der Waals surface area contributed by atoms with Crippen molar-refractivity contribution in [3.8, 4) is 0 Å². The number of hydrogen-bond donors (Lipinski definition) is 1. The van der Waals surface area contributed by atoms with Gasteiger partial charge >= 0.3 is 0 Å². The molecule has 15 heavy (non-hydrogen) atoms. The molecule has 1 unspecified atom stereocenters. The summed E-state index contributed by atoms with van der Waals surface area (Å²) in [5, 5.41) is 10.6. The van der Waals surface area contributed by atoms with Gasteiger partial charge in [-0.05, 0) is 25.7 Å². The SMILES string of the molecule is OC1(C2CCCCCC2)CCCCCO1. The third-order valence-corrected chi connectivity index (χ3v) is 4.02. The molecule has 1 aliphatic heterocycles. The van der Waals surface area contributed by atoms with Gasteiger partial charge in [0.1, 0.15) is 0 Å². The number of ether oxygens (including phenoxy) is 1. The van der Waals surface area contributed by atoms with Gasteiger partial charge in [-0.1, -0.05) is 32.1 Å². The molecule has 0 amide bonds. The van der Waals surface area contributed by atoms with Crippen molar-refractivity contribution in [3.05, 3.63) is 0 Å². The second-order valence-electron chi connectivity index (χ2n) is 5.19. The lowest BCUT2D eigenvalue weighted by Gasteiger charge is -2.34. The van der Waals surface area contributed by atoms with E-state index in [0.717, 1.165) is 38.7 Å². The lowest BCUT2D eigenvalue weighted by Crippen LogP contribution is -2.40. The van der Waals surface area contributed by atoms with Crippen molar-refractivity contribution in [3.63, 3.8) is 0 Å². The zero-order valence-corrected chi connectivity index (χ0v) is 9.71. The van der Waals surface area contributed by atoms with E-state index in [9.17, 15) is 5.11 Å². The molecule has 88 valence electrons. The van der Waals surface area contributed by atoms with Gasteiger partial charge in [0, 0.05) is 12.3 Å². The average molecular weight is 212 g/mol.